The number of carbonyl (C=O) groups excluding carboxylic acids is 1. The van der Waals surface area contributed by atoms with Crippen LogP contribution in [0.25, 0.3) is 6.08 Å². The van der Waals surface area contributed by atoms with Gasteiger partial charge in [0.1, 0.15) is 18.1 Å². The van der Waals surface area contributed by atoms with E-state index < -0.39 is 0 Å². The molecule has 0 spiro atoms. The fourth-order valence-electron chi connectivity index (χ4n) is 2.98. The first-order valence-corrected chi connectivity index (χ1v) is 9.52. The number of benzene rings is 2. The first-order valence-electron chi connectivity index (χ1n) is 9.52. The highest BCUT2D eigenvalue weighted by atomic mass is 16.5. The van der Waals surface area contributed by atoms with Crippen LogP contribution in [0.1, 0.15) is 34.8 Å². The lowest BCUT2D eigenvalue weighted by Gasteiger charge is -2.13. The number of likely N-dealkylation sites (N-methyl/N-ethyl adjacent to an activating group) is 1. The molecule has 0 fully saturated rings. The van der Waals surface area contributed by atoms with Crippen LogP contribution in [0.2, 0.25) is 0 Å². The van der Waals surface area contributed by atoms with Crippen LogP contribution in [0.4, 0.5) is 0 Å². The third kappa shape index (κ3) is 5.99. The predicted molar refractivity (Wildman–Crippen MR) is 114 cm³/mol. The van der Waals surface area contributed by atoms with Crippen molar-refractivity contribution in [3.05, 3.63) is 53.1 Å². The number of rotatable bonds is 10. The minimum absolute atomic E-state index is 0.0539. The van der Waals surface area contributed by atoms with Gasteiger partial charge in [-0.3, -0.25) is 4.79 Å². The lowest BCUT2D eigenvalue weighted by Crippen LogP contribution is -2.19. The molecule has 0 aliphatic rings. The summed E-state index contributed by atoms with van der Waals surface area (Å²) in [5, 5.41) is 20.2. The summed E-state index contributed by atoms with van der Waals surface area (Å²) in [5.41, 5.74) is 1.90. The fourth-order valence-corrected chi connectivity index (χ4v) is 2.98. The first-order chi connectivity index (χ1) is 13.9. The number of phenols is 2. The first kappa shape index (κ1) is 22.3. The van der Waals surface area contributed by atoms with Gasteiger partial charge >= 0.3 is 0 Å². The molecule has 2 aromatic rings. The summed E-state index contributed by atoms with van der Waals surface area (Å²) in [5.74, 6) is 0.711. The van der Waals surface area contributed by atoms with Gasteiger partial charge in [0.15, 0.2) is 17.3 Å². The van der Waals surface area contributed by atoms with Gasteiger partial charge in [-0.15, -0.1) is 0 Å². The average molecular weight is 399 g/mol. The normalized spacial score (nSPS) is 11.2. The molecule has 6 nitrogen and oxygen atoms in total. The topological polar surface area (TPSA) is 79.2 Å². The molecule has 0 saturated carbocycles. The van der Waals surface area contributed by atoms with Crippen molar-refractivity contribution < 1.29 is 24.5 Å². The van der Waals surface area contributed by atoms with Crippen molar-refractivity contribution in [3.8, 4) is 23.0 Å². The Kier molecular flexibility index (Phi) is 8.09. The Morgan fingerprint density at radius 3 is 2.52 bits per heavy atom. The van der Waals surface area contributed by atoms with E-state index >= 15 is 0 Å². The van der Waals surface area contributed by atoms with E-state index in [-0.39, 0.29) is 29.3 Å². The molecule has 2 rings (SSSR count). The second-order valence-corrected chi connectivity index (χ2v) is 6.94. The third-order valence-corrected chi connectivity index (χ3v) is 4.50. The summed E-state index contributed by atoms with van der Waals surface area (Å²) in [7, 11) is 5.40. The number of Topliss-reactive ketones (excluding diaryl/α,β-unsaturated/α-hetero) is 1. The van der Waals surface area contributed by atoms with Crippen molar-refractivity contribution in [2.75, 3.05) is 34.4 Å². The Morgan fingerprint density at radius 2 is 1.90 bits per heavy atom. The lowest BCUT2D eigenvalue weighted by molar-refractivity contribution is 0.0980. The average Bonchev–Trinajstić information content (AvgIpc) is 2.67. The second kappa shape index (κ2) is 10.5. The number of phenolic OH excluding ortho intramolecular Hbond substituents is 2. The number of aromatic hydroxyl groups is 2. The molecule has 0 atom stereocenters. The molecule has 0 bridgehead atoms. The van der Waals surface area contributed by atoms with E-state index in [1.807, 2.05) is 38.1 Å². The van der Waals surface area contributed by atoms with Gasteiger partial charge in [0.2, 0.25) is 0 Å². The summed E-state index contributed by atoms with van der Waals surface area (Å²) in [6.45, 7) is 3.13. The standard InChI is InChI=1S/C23H29NO5/c1-5-6-18-16(8-12-21(26)23(18)28-4)7-11-20(25)19-10-9-17(15-22(19)27)29-14-13-24(2)3/h5-6,8-10,12,15,26-27H,7,11,13-14H2,1-4H3/b6-5-. The number of ketones is 1. The molecule has 2 aromatic carbocycles. The predicted octanol–water partition coefficient (Wildman–Crippen LogP) is 3.90. The Balaban J connectivity index is 2.10. The third-order valence-electron chi connectivity index (χ3n) is 4.50. The van der Waals surface area contributed by atoms with Gasteiger partial charge in [0.25, 0.3) is 0 Å². The zero-order valence-electron chi connectivity index (χ0n) is 17.4. The molecular weight excluding hydrogens is 370 g/mol. The molecule has 156 valence electrons. The van der Waals surface area contributed by atoms with Crippen LogP contribution in [-0.4, -0.2) is 55.3 Å². The van der Waals surface area contributed by atoms with Crippen molar-refractivity contribution in [1.82, 2.24) is 4.90 Å². The molecule has 0 aliphatic heterocycles. The number of ether oxygens (including phenoxy) is 2. The summed E-state index contributed by atoms with van der Waals surface area (Å²) in [4.78, 5) is 14.6. The zero-order chi connectivity index (χ0) is 21.4. The van der Waals surface area contributed by atoms with Gasteiger partial charge in [-0.1, -0.05) is 18.2 Å². The van der Waals surface area contributed by atoms with Gasteiger partial charge in [-0.2, -0.15) is 0 Å². The minimum atomic E-state index is -0.166. The molecule has 0 aromatic heterocycles. The van der Waals surface area contributed by atoms with E-state index in [0.717, 1.165) is 17.7 Å². The number of aryl methyl sites for hydroxylation is 1. The van der Waals surface area contributed by atoms with E-state index in [1.54, 1.807) is 24.3 Å². The molecule has 6 heteroatoms. The smallest absolute Gasteiger partial charge is 0.167 e. The largest absolute Gasteiger partial charge is 0.507 e. The van der Waals surface area contributed by atoms with Crippen molar-refractivity contribution in [1.29, 1.82) is 0 Å². The molecule has 0 unspecified atom stereocenters. The van der Waals surface area contributed by atoms with Crippen molar-refractivity contribution in [2.24, 2.45) is 0 Å². The van der Waals surface area contributed by atoms with Crippen LogP contribution < -0.4 is 9.47 Å². The molecular formula is C23H29NO5. The Hall–Kier alpha value is -2.99. The van der Waals surface area contributed by atoms with Crippen LogP contribution in [0, 0.1) is 0 Å². The van der Waals surface area contributed by atoms with Gasteiger partial charge in [-0.25, -0.2) is 0 Å². The Bertz CT molecular complexity index is 874. The van der Waals surface area contributed by atoms with Crippen LogP contribution in [0.3, 0.4) is 0 Å². The molecule has 29 heavy (non-hydrogen) atoms. The van der Waals surface area contributed by atoms with Gasteiger partial charge < -0.3 is 24.6 Å². The number of hydrogen-bond donors (Lipinski definition) is 2. The van der Waals surface area contributed by atoms with Crippen LogP contribution in [-0.2, 0) is 6.42 Å². The van der Waals surface area contributed by atoms with Gasteiger partial charge in [0.05, 0.1) is 12.7 Å². The van der Waals surface area contributed by atoms with Crippen LogP contribution >= 0.6 is 0 Å². The van der Waals surface area contributed by atoms with Crippen LogP contribution in [0.15, 0.2) is 36.4 Å². The lowest BCUT2D eigenvalue weighted by atomic mass is 9.97. The molecule has 0 heterocycles. The number of carbonyl (C=O) groups is 1. The summed E-state index contributed by atoms with van der Waals surface area (Å²) in [6.07, 6.45) is 4.36. The highest BCUT2D eigenvalue weighted by Gasteiger charge is 2.16. The van der Waals surface area contributed by atoms with E-state index in [9.17, 15) is 15.0 Å². The zero-order valence-corrected chi connectivity index (χ0v) is 17.4. The Labute approximate surface area is 172 Å². The second-order valence-electron chi connectivity index (χ2n) is 6.94. The monoisotopic (exact) mass is 399 g/mol. The van der Waals surface area contributed by atoms with Gasteiger partial charge in [0, 0.05) is 24.6 Å². The summed E-state index contributed by atoms with van der Waals surface area (Å²) >= 11 is 0. The number of methoxy groups -OCH3 is 1. The highest BCUT2D eigenvalue weighted by molar-refractivity contribution is 5.98. The number of allylic oxidation sites excluding steroid dienone is 1. The molecule has 0 aliphatic carbocycles. The quantitative estimate of drug-likeness (QED) is 0.590. The van der Waals surface area contributed by atoms with E-state index in [4.69, 9.17) is 9.47 Å². The molecule has 0 radical (unpaired) electrons. The molecule has 0 amide bonds. The highest BCUT2D eigenvalue weighted by Crippen LogP contribution is 2.34. The summed E-state index contributed by atoms with van der Waals surface area (Å²) < 4.78 is 10.9. The van der Waals surface area contributed by atoms with E-state index in [2.05, 4.69) is 0 Å². The maximum atomic E-state index is 12.6. The fraction of sp³-hybridized carbons (Fsp3) is 0.348. The number of nitrogens with zero attached hydrogens (tertiary/aromatic N) is 1. The Morgan fingerprint density at radius 1 is 1.14 bits per heavy atom. The maximum absolute atomic E-state index is 12.6. The van der Waals surface area contributed by atoms with E-state index in [1.165, 1.54) is 13.2 Å². The maximum Gasteiger partial charge on any atom is 0.167 e. The minimum Gasteiger partial charge on any atom is -0.507 e. The molecule has 0 saturated heterocycles. The van der Waals surface area contributed by atoms with Crippen molar-refractivity contribution in [2.45, 2.75) is 19.8 Å². The summed E-state index contributed by atoms with van der Waals surface area (Å²) in [6, 6.07) is 8.09. The van der Waals surface area contributed by atoms with Crippen LogP contribution in [0.5, 0.6) is 23.0 Å². The molecule has 2 N–H and O–H groups in total. The van der Waals surface area contributed by atoms with Gasteiger partial charge in [-0.05, 0) is 51.2 Å². The van der Waals surface area contributed by atoms with Crippen molar-refractivity contribution >= 4 is 11.9 Å². The number of hydrogen-bond acceptors (Lipinski definition) is 6. The van der Waals surface area contributed by atoms with E-state index in [0.29, 0.717) is 24.5 Å². The van der Waals surface area contributed by atoms with Crippen molar-refractivity contribution in [3.63, 3.8) is 0 Å². The SMILES string of the molecule is C/C=C\c1c(CCC(=O)c2ccc(OCCN(C)C)cc2O)ccc(O)c1OC.